The Morgan fingerprint density at radius 1 is 0.923 bits per heavy atom. The van der Waals surface area contributed by atoms with Crippen LogP contribution in [-0.4, -0.2) is 55.0 Å². The lowest BCUT2D eigenvalue weighted by molar-refractivity contribution is -0.277. The maximum atomic E-state index is 12.6. The molecule has 0 aromatic heterocycles. The normalized spacial score (nSPS) is 23.7. The van der Waals surface area contributed by atoms with Crippen LogP contribution in [0.25, 0.3) is 0 Å². The van der Waals surface area contributed by atoms with Gasteiger partial charge in [0.15, 0.2) is 6.29 Å². The van der Waals surface area contributed by atoms with Gasteiger partial charge in [0, 0.05) is 43.3 Å². The van der Waals surface area contributed by atoms with E-state index < -0.39 is 6.29 Å². The van der Waals surface area contributed by atoms with E-state index >= 15 is 0 Å². The average molecular weight is 532 g/mol. The molecule has 4 atom stereocenters. The number of nitrogens with one attached hydrogen (secondary N) is 2. The monoisotopic (exact) mass is 531 g/mol. The van der Waals surface area contributed by atoms with Crippen molar-refractivity contribution in [2.45, 2.75) is 38.6 Å². The Bertz CT molecular complexity index is 1200. The first-order chi connectivity index (χ1) is 19.1. The summed E-state index contributed by atoms with van der Waals surface area (Å²) in [7, 11) is 0. The van der Waals surface area contributed by atoms with Crippen molar-refractivity contribution in [1.82, 2.24) is 10.2 Å². The molecule has 39 heavy (non-hydrogen) atoms. The van der Waals surface area contributed by atoms with Gasteiger partial charge in [-0.3, -0.25) is 4.90 Å². The zero-order valence-corrected chi connectivity index (χ0v) is 22.3. The molecule has 0 aliphatic carbocycles. The molecule has 2 amide bonds. The van der Waals surface area contributed by atoms with Crippen LogP contribution in [0.2, 0.25) is 0 Å². The zero-order valence-electron chi connectivity index (χ0n) is 22.3. The molecule has 3 aromatic rings. The van der Waals surface area contributed by atoms with E-state index in [4.69, 9.17) is 14.2 Å². The topological polar surface area (TPSA) is 92.3 Å². The number of aliphatic hydroxyl groups excluding tert-OH is 1. The van der Waals surface area contributed by atoms with E-state index in [2.05, 4.69) is 22.5 Å². The zero-order chi connectivity index (χ0) is 27.0. The van der Waals surface area contributed by atoms with Crippen molar-refractivity contribution in [2.75, 3.05) is 38.2 Å². The second-order valence-electron chi connectivity index (χ2n) is 10.2. The molecule has 2 aliphatic rings. The molecule has 0 bridgehead atoms. The number of amides is 2. The Labute approximate surface area is 229 Å². The number of benzene rings is 3. The Kier molecular flexibility index (Phi) is 9.23. The summed E-state index contributed by atoms with van der Waals surface area (Å²) in [4.78, 5) is 14.9. The van der Waals surface area contributed by atoms with E-state index in [1.807, 2.05) is 78.9 Å². The van der Waals surface area contributed by atoms with Gasteiger partial charge in [-0.25, -0.2) is 4.79 Å². The number of morpholine rings is 1. The summed E-state index contributed by atoms with van der Waals surface area (Å²) < 4.78 is 18.7. The molecule has 2 fully saturated rings. The Hall–Kier alpha value is -3.27. The maximum Gasteiger partial charge on any atom is 0.319 e. The molecule has 2 aliphatic heterocycles. The third-order valence-corrected chi connectivity index (χ3v) is 7.38. The fourth-order valence-electron chi connectivity index (χ4n) is 5.08. The second-order valence-corrected chi connectivity index (χ2v) is 10.2. The number of nitrogens with zero attached hydrogens (tertiary/aromatic N) is 1. The van der Waals surface area contributed by atoms with E-state index in [9.17, 15) is 9.90 Å². The van der Waals surface area contributed by atoms with Crippen molar-refractivity contribution in [2.24, 2.45) is 5.92 Å². The van der Waals surface area contributed by atoms with Gasteiger partial charge in [-0.15, -0.1) is 0 Å². The van der Waals surface area contributed by atoms with Crippen LogP contribution in [0.3, 0.4) is 0 Å². The lowest BCUT2D eigenvalue weighted by atomic mass is 9.90. The van der Waals surface area contributed by atoms with Gasteiger partial charge in [0.2, 0.25) is 0 Å². The van der Waals surface area contributed by atoms with Crippen LogP contribution in [-0.2, 0) is 27.4 Å². The van der Waals surface area contributed by atoms with Crippen LogP contribution in [0.15, 0.2) is 78.9 Å². The number of anilines is 1. The molecule has 2 heterocycles. The molecule has 206 valence electrons. The number of carbonyl (C=O) groups excluding carboxylic acids is 1. The number of hydrogen-bond donors (Lipinski definition) is 3. The van der Waals surface area contributed by atoms with Crippen LogP contribution in [0.5, 0.6) is 0 Å². The quantitative estimate of drug-likeness (QED) is 0.393. The number of aliphatic hydroxyl groups is 1. The van der Waals surface area contributed by atoms with E-state index in [-0.39, 0.29) is 30.8 Å². The summed E-state index contributed by atoms with van der Waals surface area (Å²) >= 11 is 0. The van der Waals surface area contributed by atoms with Gasteiger partial charge in [0.25, 0.3) is 0 Å². The molecule has 8 heteroatoms. The van der Waals surface area contributed by atoms with Gasteiger partial charge in [0.1, 0.15) is 0 Å². The predicted molar refractivity (Wildman–Crippen MR) is 149 cm³/mol. The van der Waals surface area contributed by atoms with Gasteiger partial charge >= 0.3 is 6.03 Å². The number of rotatable bonds is 8. The lowest BCUT2D eigenvalue weighted by Gasteiger charge is -2.43. The van der Waals surface area contributed by atoms with Crippen LogP contribution in [0.1, 0.15) is 41.6 Å². The summed E-state index contributed by atoms with van der Waals surface area (Å²) in [6.07, 6.45) is -0.840. The minimum Gasteiger partial charge on any atom is -0.392 e. The van der Waals surface area contributed by atoms with Gasteiger partial charge < -0.3 is 30.0 Å². The third kappa shape index (κ3) is 7.23. The minimum atomic E-state index is -0.594. The van der Waals surface area contributed by atoms with Crippen molar-refractivity contribution >= 4 is 11.7 Å². The van der Waals surface area contributed by atoms with Gasteiger partial charge in [-0.2, -0.15) is 0 Å². The number of ether oxygens (including phenoxy) is 3. The molecule has 0 radical (unpaired) electrons. The summed E-state index contributed by atoms with van der Waals surface area (Å²) in [5.41, 5.74) is 4.45. The summed E-state index contributed by atoms with van der Waals surface area (Å²) in [6, 6.07) is 25.1. The highest BCUT2D eigenvalue weighted by Crippen LogP contribution is 2.42. The van der Waals surface area contributed by atoms with Gasteiger partial charge in [0.05, 0.1) is 32.0 Å². The highest BCUT2D eigenvalue weighted by atomic mass is 16.7. The Morgan fingerprint density at radius 3 is 2.44 bits per heavy atom. The summed E-state index contributed by atoms with van der Waals surface area (Å²) in [5, 5.41) is 15.3. The Balaban J connectivity index is 1.31. The molecule has 0 spiro atoms. The number of carbonyl (C=O) groups is 1. The smallest absolute Gasteiger partial charge is 0.319 e. The highest BCUT2D eigenvalue weighted by Gasteiger charge is 2.39. The minimum absolute atomic E-state index is 0.00542. The third-order valence-electron chi connectivity index (χ3n) is 7.38. The SMILES string of the molecule is C[C@@H]1[C@H](CN2CCOCC2)O[C@H](c2cccc(NC(=O)NCc3ccccc3)c2)O[C@@H]1c1ccc(CO)cc1. The average Bonchev–Trinajstić information content (AvgIpc) is 2.98. The van der Waals surface area contributed by atoms with Crippen LogP contribution in [0, 0.1) is 5.92 Å². The standard InChI is InChI=1S/C31H37N3O5/c1-22-28(20-34-14-16-37-17-15-34)38-30(39-29(22)25-12-10-24(21-35)11-13-25)26-8-5-9-27(18-26)33-31(36)32-19-23-6-3-2-4-7-23/h2-13,18,22,28-30,35H,14-17,19-21H2,1H3,(H2,32,33,36)/t22-,28+,29+,30+/m1/s1. The fourth-order valence-corrected chi connectivity index (χ4v) is 5.08. The van der Waals surface area contributed by atoms with Crippen molar-refractivity contribution in [3.05, 3.63) is 101 Å². The maximum absolute atomic E-state index is 12.6. The van der Waals surface area contributed by atoms with Crippen molar-refractivity contribution in [3.8, 4) is 0 Å². The van der Waals surface area contributed by atoms with E-state index in [0.717, 1.165) is 55.1 Å². The van der Waals surface area contributed by atoms with Crippen LogP contribution < -0.4 is 10.6 Å². The molecular formula is C31H37N3O5. The van der Waals surface area contributed by atoms with Crippen molar-refractivity contribution in [1.29, 1.82) is 0 Å². The largest absolute Gasteiger partial charge is 0.392 e. The Morgan fingerprint density at radius 2 is 1.69 bits per heavy atom. The van der Waals surface area contributed by atoms with Crippen molar-refractivity contribution < 1.29 is 24.1 Å². The molecule has 0 saturated carbocycles. The second kappa shape index (κ2) is 13.2. The predicted octanol–water partition coefficient (Wildman–Crippen LogP) is 4.62. The van der Waals surface area contributed by atoms with Gasteiger partial charge in [-0.05, 0) is 28.8 Å². The first-order valence-electron chi connectivity index (χ1n) is 13.6. The van der Waals surface area contributed by atoms with Crippen LogP contribution >= 0.6 is 0 Å². The first-order valence-corrected chi connectivity index (χ1v) is 13.6. The molecule has 5 rings (SSSR count). The van der Waals surface area contributed by atoms with E-state index in [1.54, 1.807) is 0 Å². The fraction of sp³-hybridized carbons (Fsp3) is 0.387. The summed E-state index contributed by atoms with van der Waals surface area (Å²) in [5.74, 6) is 0.106. The molecule has 3 aromatic carbocycles. The molecule has 2 saturated heterocycles. The van der Waals surface area contributed by atoms with E-state index in [0.29, 0.717) is 12.2 Å². The van der Waals surface area contributed by atoms with Gasteiger partial charge in [-0.1, -0.05) is 73.7 Å². The number of urea groups is 1. The summed E-state index contributed by atoms with van der Waals surface area (Å²) in [6.45, 7) is 6.62. The van der Waals surface area contributed by atoms with Crippen LogP contribution in [0.4, 0.5) is 10.5 Å². The highest BCUT2D eigenvalue weighted by molar-refractivity contribution is 5.89. The molecule has 8 nitrogen and oxygen atoms in total. The van der Waals surface area contributed by atoms with E-state index in [1.165, 1.54) is 0 Å². The molecule has 0 unspecified atom stereocenters. The molecular weight excluding hydrogens is 494 g/mol. The molecule has 3 N–H and O–H groups in total. The first kappa shape index (κ1) is 27.3. The van der Waals surface area contributed by atoms with Crippen molar-refractivity contribution in [3.63, 3.8) is 0 Å². The number of hydrogen-bond acceptors (Lipinski definition) is 6. The lowest BCUT2D eigenvalue weighted by Crippen LogP contribution is -2.47.